The van der Waals surface area contributed by atoms with E-state index in [0.29, 0.717) is 6.54 Å². The van der Waals surface area contributed by atoms with Crippen LogP contribution < -0.4 is 15.4 Å². The van der Waals surface area contributed by atoms with Gasteiger partial charge in [0.25, 0.3) is 0 Å². The van der Waals surface area contributed by atoms with Crippen LogP contribution >= 0.6 is 0 Å². The number of hydrogen-bond acceptors (Lipinski definition) is 4. The molecule has 0 radical (unpaired) electrons. The van der Waals surface area contributed by atoms with Crippen molar-refractivity contribution >= 4 is 11.6 Å². The van der Waals surface area contributed by atoms with Crippen molar-refractivity contribution in [3.8, 4) is 5.75 Å². The molecule has 2 N–H and O–H groups in total. The fourth-order valence-electron chi connectivity index (χ4n) is 2.73. The van der Waals surface area contributed by atoms with Crippen molar-refractivity contribution in [2.24, 2.45) is 0 Å². The van der Waals surface area contributed by atoms with Crippen LogP contribution in [0.3, 0.4) is 0 Å². The van der Waals surface area contributed by atoms with E-state index in [-0.39, 0.29) is 5.91 Å². The average Bonchev–Trinajstić information content (AvgIpc) is 2.75. The largest absolute Gasteiger partial charge is 0.493 e. The number of nitrogens with zero attached hydrogens (tertiary/aromatic N) is 1. The Balaban J connectivity index is 1.55. The lowest BCUT2D eigenvalue weighted by Crippen LogP contribution is -2.35. The smallest absolute Gasteiger partial charge is 0.238 e. The highest BCUT2D eigenvalue weighted by Crippen LogP contribution is 2.27. The van der Waals surface area contributed by atoms with Gasteiger partial charge in [-0.2, -0.15) is 0 Å². The SMILES string of the molecule is O=C(CN1CCCNCC1)Nc1ccc2c(c1)CCO2. The molecule has 0 bridgehead atoms. The minimum Gasteiger partial charge on any atom is -0.493 e. The summed E-state index contributed by atoms with van der Waals surface area (Å²) in [6, 6.07) is 5.87. The van der Waals surface area contributed by atoms with E-state index in [2.05, 4.69) is 15.5 Å². The Kier molecular flexibility index (Phi) is 4.18. The van der Waals surface area contributed by atoms with E-state index in [1.165, 1.54) is 5.56 Å². The second kappa shape index (κ2) is 6.24. The van der Waals surface area contributed by atoms with Gasteiger partial charge in [0.1, 0.15) is 5.75 Å². The van der Waals surface area contributed by atoms with Crippen LogP contribution in [-0.2, 0) is 11.2 Å². The molecule has 0 aromatic heterocycles. The Morgan fingerprint density at radius 2 is 2.30 bits per heavy atom. The van der Waals surface area contributed by atoms with E-state index in [4.69, 9.17) is 4.74 Å². The summed E-state index contributed by atoms with van der Waals surface area (Å²) in [5, 5.41) is 6.32. The predicted octanol–water partition coefficient (Wildman–Crippen LogP) is 0.855. The van der Waals surface area contributed by atoms with Crippen molar-refractivity contribution in [2.45, 2.75) is 12.8 Å². The Morgan fingerprint density at radius 1 is 1.35 bits per heavy atom. The van der Waals surface area contributed by atoms with Crippen LogP contribution in [0.4, 0.5) is 5.69 Å². The first kappa shape index (κ1) is 13.4. The van der Waals surface area contributed by atoms with Crippen molar-refractivity contribution in [1.29, 1.82) is 0 Å². The molecule has 3 rings (SSSR count). The quantitative estimate of drug-likeness (QED) is 0.859. The maximum Gasteiger partial charge on any atom is 0.238 e. The Labute approximate surface area is 119 Å². The van der Waals surface area contributed by atoms with Gasteiger partial charge in [-0.15, -0.1) is 0 Å². The van der Waals surface area contributed by atoms with Crippen molar-refractivity contribution in [3.05, 3.63) is 23.8 Å². The van der Waals surface area contributed by atoms with Gasteiger partial charge in [-0.1, -0.05) is 0 Å². The van der Waals surface area contributed by atoms with Gasteiger partial charge < -0.3 is 15.4 Å². The molecule has 5 heteroatoms. The van der Waals surface area contributed by atoms with E-state index in [0.717, 1.165) is 57.1 Å². The van der Waals surface area contributed by atoms with Gasteiger partial charge in [0, 0.05) is 25.2 Å². The number of fused-ring (bicyclic) bond motifs is 1. The number of carbonyl (C=O) groups excluding carboxylic acids is 1. The summed E-state index contributed by atoms with van der Waals surface area (Å²) in [7, 11) is 0. The van der Waals surface area contributed by atoms with Gasteiger partial charge in [-0.25, -0.2) is 0 Å². The van der Waals surface area contributed by atoms with Crippen molar-refractivity contribution in [2.75, 3.05) is 44.6 Å². The predicted molar refractivity (Wildman–Crippen MR) is 78.2 cm³/mol. The molecular formula is C15H21N3O2. The molecular weight excluding hydrogens is 254 g/mol. The molecule has 1 aromatic carbocycles. The zero-order valence-electron chi connectivity index (χ0n) is 11.7. The summed E-state index contributed by atoms with van der Waals surface area (Å²) >= 11 is 0. The molecule has 20 heavy (non-hydrogen) atoms. The molecule has 5 nitrogen and oxygen atoms in total. The number of benzene rings is 1. The van der Waals surface area contributed by atoms with Crippen molar-refractivity contribution < 1.29 is 9.53 Å². The molecule has 2 aliphatic heterocycles. The van der Waals surface area contributed by atoms with Crippen LogP contribution in [0.25, 0.3) is 0 Å². The molecule has 1 saturated heterocycles. The topological polar surface area (TPSA) is 53.6 Å². The van der Waals surface area contributed by atoms with E-state index in [1.54, 1.807) is 0 Å². The summed E-state index contributed by atoms with van der Waals surface area (Å²) in [5.41, 5.74) is 2.05. The summed E-state index contributed by atoms with van der Waals surface area (Å²) < 4.78 is 5.47. The molecule has 1 fully saturated rings. The first-order valence-corrected chi connectivity index (χ1v) is 7.30. The zero-order chi connectivity index (χ0) is 13.8. The van der Waals surface area contributed by atoms with Crippen molar-refractivity contribution in [3.63, 3.8) is 0 Å². The molecule has 0 saturated carbocycles. The number of ether oxygens (including phenoxy) is 1. The minimum atomic E-state index is 0.0609. The fourth-order valence-corrected chi connectivity index (χ4v) is 2.73. The molecule has 2 heterocycles. The third-order valence-electron chi connectivity index (χ3n) is 3.77. The molecule has 0 spiro atoms. The Morgan fingerprint density at radius 3 is 3.25 bits per heavy atom. The molecule has 0 aliphatic carbocycles. The van der Waals surface area contributed by atoms with Gasteiger partial charge >= 0.3 is 0 Å². The standard InChI is InChI=1S/C15H21N3O2/c19-15(11-18-7-1-5-16-6-8-18)17-13-2-3-14-12(10-13)4-9-20-14/h2-3,10,16H,1,4-9,11H2,(H,17,19). The number of carbonyl (C=O) groups is 1. The summed E-state index contributed by atoms with van der Waals surface area (Å²) in [5.74, 6) is 1.01. The lowest BCUT2D eigenvalue weighted by atomic mass is 10.1. The first-order chi connectivity index (χ1) is 9.81. The third-order valence-corrected chi connectivity index (χ3v) is 3.77. The number of rotatable bonds is 3. The van der Waals surface area contributed by atoms with Gasteiger partial charge in [0.15, 0.2) is 0 Å². The Hall–Kier alpha value is -1.59. The monoisotopic (exact) mass is 275 g/mol. The molecule has 108 valence electrons. The second-order valence-electron chi connectivity index (χ2n) is 5.35. The number of hydrogen-bond donors (Lipinski definition) is 2. The maximum absolute atomic E-state index is 12.1. The zero-order valence-corrected chi connectivity index (χ0v) is 11.7. The van der Waals surface area contributed by atoms with Crippen molar-refractivity contribution in [1.82, 2.24) is 10.2 Å². The van der Waals surface area contributed by atoms with Crippen LogP contribution in [0.5, 0.6) is 5.75 Å². The van der Waals surface area contributed by atoms with Gasteiger partial charge in [0.05, 0.1) is 13.2 Å². The Bertz CT molecular complexity index is 482. The molecule has 2 aliphatic rings. The third kappa shape index (κ3) is 3.29. The molecule has 1 aromatic rings. The van der Waals surface area contributed by atoms with E-state index in [1.807, 2.05) is 18.2 Å². The lowest BCUT2D eigenvalue weighted by molar-refractivity contribution is -0.117. The lowest BCUT2D eigenvalue weighted by Gasteiger charge is -2.18. The second-order valence-corrected chi connectivity index (χ2v) is 5.35. The molecule has 0 unspecified atom stereocenters. The number of anilines is 1. The normalized spacial score (nSPS) is 19.0. The fraction of sp³-hybridized carbons (Fsp3) is 0.533. The van der Waals surface area contributed by atoms with Gasteiger partial charge in [0.2, 0.25) is 5.91 Å². The summed E-state index contributed by atoms with van der Waals surface area (Å²) in [6.07, 6.45) is 2.03. The molecule has 1 amide bonds. The summed E-state index contributed by atoms with van der Waals surface area (Å²) in [4.78, 5) is 14.3. The van der Waals surface area contributed by atoms with Crippen LogP contribution in [0.1, 0.15) is 12.0 Å². The van der Waals surface area contributed by atoms with Crippen LogP contribution in [-0.4, -0.2) is 50.1 Å². The van der Waals surface area contributed by atoms with Crippen LogP contribution in [0, 0.1) is 0 Å². The molecule has 0 atom stereocenters. The van der Waals surface area contributed by atoms with Gasteiger partial charge in [-0.3, -0.25) is 9.69 Å². The highest BCUT2D eigenvalue weighted by atomic mass is 16.5. The van der Waals surface area contributed by atoms with E-state index >= 15 is 0 Å². The number of nitrogens with one attached hydrogen (secondary N) is 2. The maximum atomic E-state index is 12.1. The van der Waals surface area contributed by atoms with E-state index < -0.39 is 0 Å². The highest BCUT2D eigenvalue weighted by molar-refractivity contribution is 5.92. The highest BCUT2D eigenvalue weighted by Gasteiger charge is 2.15. The van der Waals surface area contributed by atoms with Crippen LogP contribution in [0.2, 0.25) is 0 Å². The summed E-state index contributed by atoms with van der Waals surface area (Å²) in [6.45, 7) is 5.14. The minimum absolute atomic E-state index is 0.0609. The number of amides is 1. The van der Waals surface area contributed by atoms with Gasteiger partial charge in [-0.05, 0) is 43.3 Å². The van der Waals surface area contributed by atoms with E-state index in [9.17, 15) is 4.79 Å². The van der Waals surface area contributed by atoms with Crippen LogP contribution in [0.15, 0.2) is 18.2 Å². The first-order valence-electron chi connectivity index (χ1n) is 7.30. The average molecular weight is 275 g/mol.